The number of hydrogen-bond acceptors (Lipinski definition) is 4. The quantitative estimate of drug-likeness (QED) is 0.283. The van der Waals surface area contributed by atoms with Crippen molar-refractivity contribution in [1.82, 2.24) is 14.7 Å². The molecule has 5 rings (SSSR count). The van der Waals surface area contributed by atoms with Crippen LogP contribution in [0.25, 0.3) is 16.9 Å². The highest BCUT2D eigenvalue weighted by atomic mass is 79.9. The summed E-state index contributed by atoms with van der Waals surface area (Å²) in [5.41, 5.74) is 3.44. The molecule has 1 aliphatic rings. The molecule has 2 amide bonds. The number of halogens is 3. The van der Waals surface area contributed by atoms with Gasteiger partial charge in [-0.1, -0.05) is 22.0 Å². The first-order valence-corrected chi connectivity index (χ1v) is 13.1. The molecule has 10 heteroatoms. The van der Waals surface area contributed by atoms with Crippen molar-refractivity contribution < 1.29 is 23.1 Å². The predicted octanol–water partition coefficient (Wildman–Crippen LogP) is 6.03. The molecule has 1 N–H and O–H groups in total. The summed E-state index contributed by atoms with van der Waals surface area (Å²) in [6.07, 6.45) is 0.737. The molecule has 1 aromatic heterocycles. The summed E-state index contributed by atoms with van der Waals surface area (Å²) < 4.78 is 36.9. The van der Waals surface area contributed by atoms with Gasteiger partial charge in [0.1, 0.15) is 23.4 Å². The van der Waals surface area contributed by atoms with Crippen molar-refractivity contribution in [3.63, 3.8) is 0 Å². The Hall–Kier alpha value is -3.89. The minimum Gasteiger partial charge on any atom is -0.341 e. The number of amides is 2. The van der Waals surface area contributed by atoms with Gasteiger partial charge in [-0.15, -0.1) is 0 Å². The Morgan fingerprint density at radius 1 is 1.08 bits per heavy atom. The second-order valence-electron chi connectivity index (χ2n) is 9.27. The van der Waals surface area contributed by atoms with Crippen LogP contribution in [0.15, 0.2) is 77.4 Å². The Labute approximate surface area is 232 Å². The summed E-state index contributed by atoms with van der Waals surface area (Å²) in [6, 6.07) is 18.1. The van der Waals surface area contributed by atoms with Crippen molar-refractivity contribution in [1.29, 1.82) is 0 Å². The van der Waals surface area contributed by atoms with Crippen LogP contribution in [0.1, 0.15) is 31.2 Å². The van der Waals surface area contributed by atoms with Gasteiger partial charge in [-0.05, 0) is 79.6 Å². The fourth-order valence-electron chi connectivity index (χ4n) is 4.52. The van der Waals surface area contributed by atoms with E-state index in [1.165, 1.54) is 31.2 Å². The van der Waals surface area contributed by atoms with Crippen LogP contribution < -0.4 is 5.32 Å². The number of rotatable bonds is 7. The Balaban J connectivity index is 1.48. The minimum absolute atomic E-state index is 0.0997. The molecule has 0 unspecified atom stereocenters. The molecule has 0 spiro atoms. The van der Waals surface area contributed by atoms with Gasteiger partial charge in [0.2, 0.25) is 5.91 Å². The summed E-state index contributed by atoms with van der Waals surface area (Å²) in [5, 5.41) is 7.23. The maximum absolute atomic E-state index is 14.5. The highest BCUT2D eigenvalue weighted by Gasteiger charge is 2.40. The van der Waals surface area contributed by atoms with E-state index in [0.717, 1.165) is 10.2 Å². The lowest BCUT2D eigenvalue weighted by atomic mass is 10.1. The second-order valence-corrected chi connectivity index (χ2v) is 10.2. The van der Waals surface area contributed by atoms with Gasteiger partial charge in [-0.25, -0.2) is 13.5 Å². The number of hydrogen-bond donors (Lipinski definition) is 1. The molecule has 4 aromatic rings. The maximum Gasteiger partial charge on any atom is 0.253 e. The lowest BCUT2D eigenvalue weighted by Crippen LogP contribution is -2.32. The van der Waals surface area contributed by atoms with Crippen molar-refractivity contribution in [3.8, 4) is 16.9 Å². The van der Waals surface area contributed by atoms with E-state index in [1.807, 2.05) is 30.5 Å². The number of benzene rings is 3. The fourth-order valence-corrected chi connectivity index (χ4v) is 4.79. The Morgan fingerprint density at radius 2 is 1.79 bits per heavy atom. The van der Waals surface area contributed by atoms with Gasteiger partial charge in [0.25, 0.3) is 5.91 Å². The number of anilines is 1. The third-order valence-corrected chi connectivity index (χ3v) is 6.98. The first-order valence-electron chi connectivity index (χ1n) is 12.3. The molecule has 7 nitrogen and oxygen atoms in total. The molecule has 0 bridgehead atoms. The first-order chi connectivity index (χ1) is 18.7. The summed E-state index contributed by atoms with van der Waals surface area (Å²) in [6.45, 7) is 3.26. The van der Waals surface area contributed by atoms with Gasteiger partial charge in [-0.2, -0.15) is 5.10 Å². The van der Waals surface area contributed by atoms with E-state index in [2.05, 4.69) is 21.2 Å². The predicted molar refractivity (Wildman–Crippen MR) is 146 cm³/mol. The number of nitrogens with one attached hydrogen (secondary N) is 1. The molecular formula is C29H25BrF2N4O3. The molecule has 2 atom stereocenters. The SMILES string of the molecule is CC(=O)Nc1ccc(CCN2C(=O)[C@@H](C)O[C@@H]2c2cn(-c3ccc(Br)cc3)nc2-c2ccc(F)cc2)cc1F. The van der Waals surface area contributed by atoms with Crippen LogP contribution >= 0.6 is 15.9 Å². The van der Waals surface area contributed by atoms with E-state index in [1.54, 1.807) is 34.7 Å². The first kappa shape index (κ1) is 26.7. The van der Waals surface area contributed by atoms with Gasteiger partial charge < -0.3 is 15.0 Å². The molecule has 200 valence electrons. The van der Waals surface area contributed by atoms with Crippen LogP contribution in [-0.4, -0.2) is 39.1 Å². The molecule has 2 heterocycles. The van der Waals surface area contributed by atoms with Crippen molar-refractivity contribution in [2.75, 3.05) is 11.9 Å². The van der Waals surface area contributed by atoms with E-state index < -0.39 is 18.1 Å². The zero-order valence-electron chi connectivity index (χ0n) is 21.2. The highest BCUT2D eigenvalue weighted by molar-refractivity contribution is 9.10. The van der Waals surface area contributed by atoms with E-state index in [9.17, 15) is 18.4 Å². The molecule has 0 radical (unpaired) electrons. The van der Waals surface area contributed by atoms with Gasteiger partial charge in [0.05, 0.1) is 11.4 Å². The molecular weight excluding hydrogens is 570 g/mol. The van der Waals surface area contributed by atoms with E-state index in [0.29, 0.717) is 28.8 Å². The molecule has 39 heavy (non-hydrogen) atoms. The Morgan fingerprint density at radius 3 is 2.46 bits per heavy atom. The Kier molecular flexibility index (Phi) is 7.58. The molecule has 1 fully saturated rings. The number of ether oxygens (including phenoxy) is 1. The lowest BCUT2D eigenvalue weighted by molar-refractivity contribution is -0.130. The number of carbonyl (C=O) groups is 2. The van der Waals surface area contributed by atoms with Gasteiger partial charge in [-0.3, -0.25) is 9.59 Å². The van der Waals surface area contributed by atoms with E-state index in [-0.39, 0.29) is 29.9 Å². The van der Waals surface area contributed by atoms with Crippen LogP contribution in [-0.2, 0) is 20.7 Å². The van der Waals surface area contributed by atoms with Crippen molar-refractivity contribution in [2.24, 2.45) is 0 Å². The summed E-state index contributed by atoms with van der Waals surface area (Å²) in [7, 11) is 0. The molecule has 3 aromatic carbocycles. The number of aromatic nitrogens is 2. The average molecular weight is 595 g/mol. The second kappa shape index (κ2) is 11.1. The summed E-state index contributed by atoms with van der Waals surface area (Å²) in [4.78, 5) is 26.0. The smallest absolute Gasteiger partial charge is 0.253 e. The van der Waals surface area contributed by atoms with E-state index >= 15 is 0 Å². The molecule has 1 saturated heterocycles. The molecule has 1 aliphatic heterocycles. The number of nitrogens with zero attached hydrogens (tertiary/aromatic N) is 3. The van der Waals surface area contributed by atoms with E-state index in [4.69, 9.17) is 9.84 Å². The molecule has 0 saturated carbocycles. The Bertz CT molecular complexity index is 1520. The molecule has 0 aliphatic carbocycles. The van der Waals surface area contributed by atoms with Crippen molar-refractivity contribution in [3.05, 3.63) is 100 Å². The number of carbonyl (C=O) groups excluding carboxylic acids is 2. The van der Waals surface area contributed by atoms with Crippen LogP contribution in [0.5, 0.6) is 0 Å². The van der Waals surface area contributed by atoms with Crippen LogP contribution in [0.2, 0.25) is 0 Å². The average Bonchev–Trinajstić information content (AvgIpc) is 3.46. The summed E-state index contributed by atoms with van der Waals surface area (Å²) in [5.74, 6) is -1.48. The van der Waals surface area contributed by atoms with Gasteiger partial charge in [0.15, 0.2) is 6.23 Å². The van der Waals surface area contributed by atoms with Crippen LogP contribution in [0.4, 0.5) is 14.5 Å². The summed E-state index contributed by atoms with van der Waals surface area (Å²) >= 11 is 3.44. The normalized spacial score (nSPS) is 17.1. The third kappa shape index (κ3) is 5.76. The van der Waals surface area contributed by atoms with Gasteiger partial charge in [0, 0.05) is 35.3 Å². The van der Waals surface area contributed by atoms with Crippen LogP contribution in [0, 0.1) is 11.6 Å². The highest BCUT2D eigenvalue weighted by Crippen LogP contribution is 2.37. The maximum atomic E-state index is 14.5. The lowest BCUT2D eigenvalue weighted by Gasteiger charge is -2.23. The van der Waals surface area contributed by atoms with Gasteiger partial charge >= 0.3 is 0 Å². The van der Waals surface area contributed by atoms with Crippen LogP contribution in [0.3, 0.4) is 0 Å². The van der Waals surface area contributed by atoms with Crippen molar-refractivity contribution >= 4 is 33.4 Å². The zero-order chi connectivity index (χ0) is 27.7. The monoisotopic (exact) mass is 594 g/mol. The third-order valence-electron chi connectivity index (χ3n) is 6.45. The topological polar surface area (TPSA) is 76.5 Å². The standard InChI is InChI=1S/C29H25BrF2N4O3/c1-17-28(38)35(14-13-19-3-12-26(25(32)15-19)33-18(2)37)29(39-17)24-16-36(23-10-6-21(30)7-11-23)34-27(24)20-4-8-22(31)9-5-20/h3-12,15-17,29H,13-14H2,1-2H3,(H,33,37)/t17-,29-/m1/s1. The van der Waals surface area contributed by atoms with Crippen molar-refractivity contribution in [2.45, 2.75) is 32.6 Å². The minimum atomic E-state index is -0.750. The largest absolute Gasteiger partial charge is 0.341 e. The zero-order valence-corrected chi connectivity index (χ0v) is 22.8. The fraction of sp³-hybridized carbons (Fsp3) is 0.207.